The number of nitrogens with zero attached hydrogens (tertiary/aromatic N) is 1. The fourth-order valence-corrected chi connectivity index (χ4v) is 8.59. The summed E-state index contributed by atoms with van der Waals surface area (Å²) in [5, 5.41) is 2.97. The van der Waals surface area contributed by atoms with E-state index in [0.29, 0.717) is 23.9 Å². The third kappa shape index (κ3) is 56.6. The van der Waals surface area contributed by atoms with Crippen LogP contribution in [-0.2, 0) is 27.9 Å². The van der Waals surface area contributed by atoms with Gasteiger partial charge in [0.2, 0.25) is 5.91 Å². The number of nitrogens with one attached hydrogen (secondary N) is 1. The summed E-state index contributed by atoms with van der Waals surface area (Å²) in [6.07, 6.45) is 81.2. The lowest BCUT2D eigenvalue weighted by Crippen LogP contribution is -2.47. The Balaban J connectivity index is 5.44. The van der Waals surface area contributed by atoms with Gasteiger partial charge in [0.25, 0.3) is 7.82 Å². The summed E-state index contributed by atoms with van der Waals surface area (Å²) in [4.78, 5) is 39.9. The van der Waals surface area contributed by atoms with Gasteiger partial charge in [-0.3, -0.25) is 14.2 Å². The molecular formula is C68H113N2O7P. The Bertz CT molecular complexity index is 1840. The molecule has 0 aliphatic carbocycles. The van der Waals surface area contributed by atoms with E-state index in [1.165, 1.54) is 57.8 Å². The number of rotatable bonds is 53. The molecule has 0 aromatic heterocycles. The molecule has 0 aromatic carbocycles. The number of carbonyl (C=O) groups is 2. The van der Waals surface area contributed by atoms with Gasteiger partial charge >= 0.3 is 5.97 Å². The molecule has 0 aliphatic rings. The van der Waals surface area contributed by atoms with E-state index >= 15 is 0 Å². The number of hydrogen-bond acceptors (Lipinski definition) is 7. The maximum Gasteiger partial charge on any atom is 0.306 e. The van der Waals surface area contributed by atoms with Crippen molar-refractivity contribution < 1.29 is 37.3 Å². The molecule has 0 radical (unpaired) electrons. The van der Waals surface area contributed by atoms with E-state index in [1.807, 2.05) is 39.4 Å². The molecule has 3 unspecified atom stereocenters. The maximum atomic E-state index is 13.5. The Morgan fingerprint density at radius 1 is 0.462 bits per heavy atom. The van der Waals surface area contributed by atoms with Gasteiger partial charge in [-0.15, -0.1) is 0 Å². The molecule has 0 fully saturated rings. The molecule has 0 spiro atoms. The molecule has 0 heterocycles. The third-order valence-electron chi connectivity index (χ3n) is 12.5. The summed E-state index contributed by atoms with van der Waals surface area (Å²) in [5.41, 5.74) is 0. The lowest BCUT2D eigenvalue weighted by molar-refractivity contribution is -0.870. The van der Waals surface area contributed by atoms with Gasteiger partial charge in [-0.05, 0) is 115 Å². The minimum atomic E-state index is -4.74. The summed E-state index contributed by atoms with van der Waals surface area (Å²) in [5.74, 6) is -0.679. The first-order valence-corrected chi connectivity index (χ1v) is 32.1. The molecule has 10 heteroatoms. The molecule has 442 valence electrons. The molecule has 1 amide bonds. The highest BCUT2D eigenvalue weighted by atomic mass is 31.2. The summed E-state index contributed by atoms with van der Waals surface area (Å²) in [7, 11) is 1.10. The molecule has 0 bridgehead atoms. The Kier molecular flexibility index (Phi) is 53.2. The summed E-state index contributed by atoms with van der Waals surface area (Å²) in [6, 6.07) is -0.950. The minimum absolute atomic E-state index is 0.0484. The molecule has 0 rings (SSSR count). The van der Waals surface area contributed by atoms with Gasteiger partial charge in [-0.2, -0.15) is 0 Å². The van der Waals surface area contributed by atoms with Crippen molar-refractivity contribution in [3.8, 4) is 0 Å². The topological polar surface area (TPSA) is 114 Å². The van der Waals surface area contributed by atoms with Crippen LogP contribution in [0.5, 0.6) is 0 Å². The van der Waals surface area contributed by atoms with E-state index in [0.717, 1.165) is 116 Å². The quantitative estimate of drug-likeness (QED) is 0.0212. The Hall–Kier alpha value is -4.11. The second kappa shape index (κ2) is 56.2. The van der Waals surface area contributed by atoms with Gasteiger partial charge in [-0.25, -0.2) is 0 Å². The SMILES string of the molecule is CC/C=C\C/C=C\C/C=C\C/C=C\C/C=C\C/C=C\CCCCCCC(=O)OC(/C=C\CCCCCCCCCCCCC)C(COP(=O)([O-])OCC[N+](C)(C)C)NC(=O)CC/C=C/C/C=C/C/C=C/C/C=C/C/C=C/CC. The van der Waals surface area contributed by atoms with Crippen molar-refractivity contribution in [1.29, 1.82) is 0 Å². The normalized spacial score (nSPS) is 14.7. The fraction of sp³-hybridized carbons (Fsp3) is 0.618. The van der Waals surface area contributed by atoms with Crippen LogP contribution in [0.3, 0.4) is 0 Å². The van der Waals surface area contributed by atoms with E-state index in [2.05, 4.69) is 148 Å². The average molecular weight is 1100 g/mol. The molecule has 9 nitrogen and oxygen atoms in total. The Morgan fingerprint density at radius 2 is 0.833 bits per heavy atom. The van der Waals surface area contributed by atoms with Crippen LogP contribution >= 0.6 is 7.82 Å². The number of amides is 1. The zero-order valence-corrected chi connectivity index (χ0v) is 51.2. The zero-order valence-electron chi connectivity index (χ0n) is 50.3. The van der Waals surface area contributed by atoms with Crippen molar-refractivity contribution in [1.82, 2.24) is 5.32 Å². The molecule has 0 aliphatic heterocycles. The van der Waals surface area contributed by atoms with Crippen molar-refractivity contribution in [2.75, 3.05) is 40.9 Å². The monoisotopic (exact) mass is 1100 g/mol. The average Bonchev–Trinajstić information content (AvgIpc) is 3.40. The van der Waals surface area contributed by atoms with Crippen molar-refractivity contribution in [2.45, 2.75) is 232 Å². The number of carbonyl (C=O) groups excluding carboxylic acids is 2. The van der Waals surface area contributed by atoms with Crippen LogP contribution in [0, 0.1) is 0 Å². The Labute approximate surface area is 478 Å². The van der Waals surface area contributed by atoms with Crippen LogP contribution in [0.1, 0.15) is 220 Å². The first kappa shape index (κ1) is 73.9. The number of unbranched alkanes of at least 4 members (excludes halogenated alkanes) is 15. The number of esters is 1. The Morgan fingerprint density at radius 3 is 1.26 bits per heavy atom. The van der Waals surface area contributed by atoms with Crippen LogP contribution in [-0.4, -0.2) is 69.4 Å². The zero-order chi connectivity index (χ0) is 57.2. The minimum Gasteiger partial charge on any atom is -0.756 e. The van der Waals surface area contributed by atoms with Crippen molar-refractivity contribution in [3.63, 3.8) is 0 Å². The van der Waals surface area contributed by atoms with Crippen LogP contribution in [0.4, 0.5) is 0 Å². The largest absolute Gasteiger partial charge is 0.756 e. The van der Waals surface area contributed by atoms with Gasteiger partial charge in [-0.1, -0.05) is 238 Å². The molecule has 3 atom stereocenters. The predicted molar refractivity (Wildman–Crippen MR) is 334 cm³/mol. The van der Waals surface area contributed by atoms with Crippen LogP contribution in [0.2, 0.25) is 0 Å². The lowest BCUT2D eigenvalue weighted by atomic mass is 10.0. The number of likely N-dealkylation sites (N-methyl/N-ethyl adjacent to an activating group) is 1. The first-order valence-electron chi connectivity index (χ1n) is 30.6. The smallest absolute Gasteiger partial charge is 0.306 e. The first-order chi connectivity index (χ1) is 37.9. The molecule has 78 heavy (non-hydrogen) atoms. The van der Waals surface area contributed by atoms with Gasteiger partial charge in [0.05, 0.1) is 33.8 Å². The number of hydrogen-bond donors (Lipinski definition) is 1. The highest BCUT2D eigenvalue weighted by Gasteiger charge is 2.27. The second-order valence-corrected chi connectivity index (χ2v) is 22.5. The van der Waals surface area contributed by atoms with Crippen LogP contribution in [0.15, 0.2) is 146 Å². The van der Waals surface area contributed by atoms with E-state index < -0.39 is 26.6 Å². The summed E-state index contributed by atoms with van der Waals surface area (Å²) < 4.78 is 30.2. The number of phosphoric ester groups is 1. The number of phosphoric acid groups is 1. The molecule has 0 saturated carbocycles. The van der Waals surface area contributed by atoms with E-state index in [4.69, 9.17) is 13.8 Å². The second-order valence-electron chi connectivity index (χ2n) is 21.1. The van der Waals surface area contributed by atoms with Gasteiger partial charge < -0.3 is 28.5 Å². The van der Waals surface area contributed by atoms with E-state index in [1.54, 1.807) is 6.08 Å². The molecule has 0 saturated heterocycles. The van der Waals surface area contributed by atoms with E-state index in [-0.39, 0.29) is 31.3 Å². The van der Waals surface area contributed by atoms with Gasteiger partial charge in [0.1, 0.15) is 19.3 Å². The third-order valence-corrected chi connectivity index (χ3v) is 13.5. The number of ether oxygens (including phenoxy) is 1. The lowest BCUT2D eigenvalue weighted by Gasteiger charge is -2.30. The molecule has 0 aromatic rings. The standard InChI is InChI=1S/C68H113N2O7P/c1-7-10-13-16-19-22-25-28-30-32-33-34-35-36-37-38-40-43-46-49-52-55-58-61-68(72)77-66(59-56-53-50-47-44-41-27-24-21-18-15-12-9-3)65(64-76-78(73,74)75-63-62-70(4,5)6)69-67(71)60-57-54-51-48-45-42-39-31-29-26-23-20-17-14-11-8-2/h10-11,13-14,19-20,22-23,28-31,33-34,36-37,40,42-43,45,51,54,56,59,65-66H,7-9,12,15-18,21,24-27,32,35,38-39,41,44,46-50,52-53,55,57-58,60-64H2,1-6H3,(H-,69,71,73,74)/b13-10-,14-11+,22-19-,23-20+,30-28-,31-29+,34-33-,37-36-,43-40-,45-42+,54-51+,59-56-. The van der Waals surface area contributed by atoms with Gasteiger partial charge in [0, 0.05) is 12.8 Å². The molecule has 1 N–H and O–H groups in total. The molecular weight excluding hydrogens is 988 g/mol. The van der Waals surface area contributed by atoms with Crippen molar-refractivity contribution in [3.05, 3.63) is 146 Å². The highest BCUT2D eigenvalue weighted by molar-refractivity contribution is 7.45. The maximum absolute atomic E-state index is 13.5. The summed E-state index contributed by atoms with van der Waals surface area (Å²) in [6.45, 7) is 6.51. The van der Waals surface area contributed by atoms with Gasteiger partial charge in [0.15, 0.2) is 0 Å². The predicted octanol–water partition coefficient (Wildman–Crippen LogP) is 18.4. The van der Waals surface area contributed by atoms with E-state index in [9.17, 15) is 19.0 Å². The number of allylic oxidation sites excluding steroid dienone is 23. The number of quaternary nitrogens is 1. The van der Waals surface area contributed by atoms with Crippen LogP contribution in [0.25, 0.3) is 0 Å². The van der Waals surface area contributed by atoms with Crippen LogP contribution < -0.4 is 10.2 Å². The fourth-order valence-electron chi connectivity index (χ4n) is 7.86. The highest BCUT2D eigenvalue weighted by Crippen LogP contribution is 2.38. The van der Waals surface area contributed by atoms with Crippen molar-refractivity contribution >= 4 is 19.7 Å². The van der Waals surface area contributed by atoms with Crippen molar-refractivity contribution in [2.24, 2.45) is 0 Å². The summed E-state index contributed by atoms with van der Waals surface area (Å²) >= 11 is 0.